The number of rotatable bonds is 10. The van der Waals surface area contributed by atoms with Crippen molar-refractivity contribution in [3.05, 3.63) is 21.1 Å². The van der Waals surface area contributed by atoms with E-state index in [1.54, 1.807) is 7.11 Å². The summed E-state index contributed by atoms with van der Waals surface area (Å²) in [4.78, 5) is 0. The Balaban J connectivity index is 2.37. The summed E-state index contributed by atoms with van der Waals surface area (Å²) < 4.78 is 18.2. The highest BCUT2D eigenvalue weighted by molar-refractivity contribution is 9.11. The van der Waals surface area contributed by atoms with Gasteiger partial charge >= 0.3 is 0 Å². The lowest BCUT2D eigenvalue weighted by Gasteiger charge is -2.17. The molecule has 0 radical (unpaired) electrons. The third-order valence-corrected chi connectivity index (χ3v) is 4.05. The highest BCUT2D eigenvalue weighted by atomic mass is 79.9. The van der Waals surface area contributed by atoms with Gasteiger partial charge in [0.1, 0.15) is 17.6 Å². The van der Waals surface area contributed by atoms with Gasteiger partial charge in [0.25, 0.3) is 0 Å². The van der Waals surface area contributed by atoms with Crippen LogP contribution in [-0.2, 0) is 4.74 Å². The average Bonchev–Trinajstić information content (AvgIpc) is 2.46. The Morgan fingerprint density at radius 3 is 2.52 bits per heavy atom. The zero-order chi connectivity index (χ0) is 15.7. The fraction of sp³-hybridized carbons (Fsp3) is 0.600. The van der Waals surface area contributed by atoms with Gasteiger partial charge in [-0.25, -0.2) is 0 Å². The summed E-state index contributed by atoms with van der Waals surface area (Å²) in [5.41, 5.74) is 0. The molecule has 6 heteroatoms. The van der Waals surface area contributed by atoms with Crippen LogP contribution in [0.5, 0.6) is 11.5 Å². The fourth-order valence-electron chi connectivity index (χ4n) is 1.76. The molecular formula is C15H23Br2NO3. The van der Waals surface area contributed by atoms with Gasteiger partial charge in [0, 0.05) is 19.8 Å². The summed E-state index contributed by atoms with van der Waals surface area (Å²) in [6.07, 6.45) is 1.09. The molecule has 0 amide bonds. The van der Waals surface area contributed by atoms with Gasteiger partial charge in [0.05, 0.1) is 16.1 Å². The predicted octanol–water partition coefficient (Wildman–Crippen LogP) is 4.00. The van der Waals surface area contributed by atoms with Crippen LogP contribution in [0.15, 0.2) is 21.1 Å². The lowest BCUT2D eigenvalue weighted by Crippen LogP contribution is -2.30. The molecule has 0 spiro atoms. The van der Waals surface area contributed by atoms with Gasteiger partial charge in [-0.15, -0.1) is 0 Å². The van der Waals surface area contributed by atoms with Crippen LogP contribution in [0.3, 0.4) is 0 Å². The number of methoxy groups -OCH3 is 1. The second kappa shape index (κ2) is 10.4. The zero-order valence-electron chi connectivity index (χ0n) is 12.7. The first-order valence-electron chi connectivity index (χ1n) is 7.06. The van der Waals surface area contributed by atoms with Crippen molar-refractivity contribution in [1.29, 1.82) is 0 Å². The second-order valence-corrected chi connectivity index (χ2v) is 6.31. The molecule has 1 atom stereocenters. The molecule has 1 rings (SSSR count). The minimum atomic E-state index is 0.0775. The molecule has 1 unspecified atom stereocenters. The summed E-state index contributed by atoms with van der Waals surface area (Å²) >= 11 is 6.96. The lowest BCUT2D eigenvalue weighted by molar-refractivity contribution is 0.143. The molecule has 0 saturated heterocycles. The molecule has 0 heterocycles. The molecule has 0 aliphatic rings. The molecular weight excluding hydrogens is 402 g/mol. The molecule has 0 fully saturated rings. The topological polar surface area (TPSA) is 39.7 Å². The maximum atomic E-state index is 5.93. The predicted molar refractivity (Wildman–Crippen MR) is 92.5 cm³/mol. The van der Waals surface area contributed by atoms with E-state index in [9.17, 15) is 0 Å². The number of hydrogen-bond donors (Lipinski definition) is 1. The Morgan fingerprint density at radius 1 is 1.19 bits per heavy atom. The summed E-state index contributed by atoms with van der Waals surface area (Å²) in [6, 6.07) is 3.80. The molecule has 0 aromatic heterocycles. The van der Waals surface area contributed by atoms with Gasteiger partial charge in [-0.2, -0.15) is 0 Å². The SMILES string of the molecule is CCOCCCNCC(C)Oc1cc(Br)c(OC)cc1Br. The Kier molecular flexibility index (Phi) is 9.31. The van der Waals surface area contributed by atoms with Crippen molar-refractivity contribution >= 4 is 31.9 Å². The summed E-state index contributed by atoms with van der Waals surface area (Å²) in [7, 11) is 1.64. The molecule has 0 bridgehead atoms. The first-order valence-corrected chi connectivity index (χ1v) is 8.65. The third-order valence-electron chi connectivity index (χ3n) is 2.81. The quantitative estimate of drug-likeness (QED) is 0.576. The number of benzene rings is 1. The zero-order valence-corrected chi connectivity index (χ0v) is 15.9. The van der Waals surface area contributed by atoms with Crippen molar-refractivity contribution in [3.8, 4) is 11.5 Å². The van der Waals surface area contributed by atoms with E-state index in [1.807, 2.05) is 26.0 Å². The van der Waals surface area contributed by atoms with E-state index in [4.69, 9.17) is 14.2 Å². The lowest BCUT2D eigenvalue weighted by atomic mass is 10.3. The van der Waals surface area contributed by atoms with Crippen LogP contribution in [0.2, 0.25) is 0 Å². The van der Waals surface area contributed by atoms with Crippen molar-refractivity contribution in [2.75, 3.05) is 33.4 Å². The Morgan fingerprint density at radius 2 is 1.86 bits per heavy atom. The van der Waals surface area contributed by atoms with E-state index in [-0.39, 0.29) is 6.10 Å². The largest absolute Gasteiger partial charge is 0.496 e. The molecule has 1 aromatic carbocycles. The highest BCUT2D eigenvalue weighted by Crippen LogP contribution is 2.36. The van der Waals surface area contributed by atoms with Crippen LogP contribution in [0.1, 0.15) is 20.3 Å². The number of nitrogens with one attached hydrogen (secondary N) is 1. The van der Waals surface area contributed by atoms with E-state index in [1.165, 1.54) is 0 Å². The molecule has 0 aliphatic heterocycles. The van der Waals surface area contributed by atoms with Crippen LogP contribution in [0, 0.1) is 0 Å². The van der Waals surface area contributed by atoms with Gasteiger partial charge in [0.2, 0.25) is 0 Å². The first-order chi connectivity index (χ1) is 10.1. The van der Waals surface area contributed by atoms with E-state index in [0.717, 1.165) is 53.2 Å². The molecule has 4 nitrogen and oxygen atoms in total. The monoisotopic (exact) mass is 423 g/mol. The van der Waals surface area contributed by atoms with Crippen molar-refractivity contribution in [3.63, 3.8) is 0 Å². The summed E-state index contributed by atoms with van der Waals surface area (Å²) in [6.45, 7) is 7.35. The highest BCUT2D eigenvalue weighted by Gasteiger charge is 2.11. The normalized spacial score (nSPS) is 12.2. The molecule has 21 heavy (non-hydrogen) atoms. The molecule has 120 valence electrons. The molecule has 0 saturated carbocycles. The number of halogens is 2. The van der Waals surface area contributed by atoms with Crippen LogP contribution >= 0.6 is 31.9 Å². The van der Waals surface area contributed by atoms with Gasteiger partial charge in [-0.3, -0.25) is 0 Å². The summed E-state index contributed by atoms with van der Waals surface area (Å²) in [5, 5.41) is 3.36. The van der Waals surface area contributed by atoms with Crippen molar-refractivity contribution in [2.24, 2.45) is 0 Å². The van der Waals surface area contributed by atoms with E-state index in [0.29, 0.717) is 0 Å². The fourth-order valence-corrected chi connectivity index (χ4v) is 2.66. The Hall–Kier alpha value is -0.300. The number of ether oxygens (including phenoxy) is 3. The Labute approximate surface area is 143 Å². The summed E-state index contributed by atoms with van der Waals surface area (Å²) in [5.74, 6) is 1.57. The minimum absolute atomic E-state index is 0.0775. The maximum Gasteiger partial charge on any atom is 0.135 e. The van der Waals surface area contributed by atoms with Crippen LogP contribution in [-0.4, -0.2) is 39.5 Å². The van der Waals surface area contributed by atoms with Gasteiger partial charge in [0.15, 0.2) is 0 Å². The first kappa shape index (κ1) is 18.7. The van der Waals surface area contributed by atoms with E-state index >= 15 is 0 Å². The van der Waals surface area contributed by atoms with Gasteiger partial charge in [-0.05, 0) is 70.8 Å². The van der Waals surface area contributed by atoms with Crippen molar-refractivity contribution in [1.82, 2.24) is 5.32 Å². The second-order valence-electron chi connectivity index (χ2n) is 4.60. The third kappa shape index (κ3) is 7.00. The number of hydrogen-bond acceptors (Lipinski definition) is 4. The molecule has 0 aliphatic carbocycles. The van der Waals surface area contributed by atoms with E-state index < -0.39 is 0 Å². The standard InChI is InChI=1S/C15H23Br2NO3/c1-4-20-7-5-6-18-10-11(2)21-15-9-12(16)14(19-3)8-13(15)17/h8-9,11,18H,4-7,10H2,1-3H3. The van der Waals surface area contributed by atoms with E-state index in [2.05, 4.69) is 37.2 Å². The van der Waals surface area contributed by atoms with Crippen molar-refractivity contribution in [2.45, 2.75) is 26.4 Å². The van der Waals surface area contributed by atoms with Gasteiger partial charge in [-0.1, -0.05) is 0 Å². The van der Waals surface area contributed by atoms with Crippen LogP contribution in [0.25, 0.3) is 0 Å². The molecule has 1 aromatic rings. The Bertz CT molecular complexity index is 430. The van der Waals surface area contributed by atoms with Gasteiger partial charge < -0.3 is 19.5 Å². The maximum absolute atomic E-state index is 5.93. The van der Waals surface area contributed by atoms with Crippen LogP contribution < -0.4 is 14.8 Å². The molecule has 1 N–H and O–H groups in total. The van der Waals surface area contributed by atoms with Crippen molar-refractivity contribution < 1.29 is 14.2 Å². The van der Waals surface area contributed by atoms with Crippen LogP contribution in [0.4, 0.5) is 0 Å². The smallest absolute Gasteiger partial charge is 0.135 e. The minimum Gasteiger partial charge on any atom is -0.496 e. The average molecular weight is 425 g/mol.